The number of guanidine groups is 1. The second-order valence-corrected chi connectivity index (χ2v) is 7.44. The van der Waals surface area contributed by atoms with Crippen LogP contribution in [0.5, 0.6) is 5.75 Å². The van der Waals surface area contributed by atoms with Gasteiger partial charge in [0.25, 0.3) is 0 Å². The summed E-state index contributed by atoms with van der Waals surface area (Å²) >= 11 is 0. The fourth-order valence-corrected chi connectivity index (χ4v) is 3.69. The van der Waals surface area contributed by atoms with Crippen LogP contribution in [0, 0.1) is 5.41 Å². The summed E-state index contributed by atoms with van der Waals surface area (Å²) in [7, 11) is 1.68. The molecular weight excluding hydrogens is 383 g/mol. The highest BCUT2D eigenvalue weighted by molar-refractivity contribution is 5.79. The summed E-state index contributed by atoms with van der Waals surface area (Å²) in [5.41, 5.74) is 0.854. The number of para-hydroxylation sites is 1. The van der Waals surface area contributed by atoms with Gasteiger partial charge in [-0.05, 0) is 37.7 Å². The van der Waals surface area contributed by atoms with Gasteiger partial charge in [0.05, 0.1) is 0 Å². The van der Waals surface area contributed by atoms with Gasteiger partial charge in [-0.1, -0.05) is 31.0 Å². The van der Waals surface area contributed by atoms with Crippen LogP contribution >= 0.6 is 0 Å². The van der Waals surface area contributed by atoms with Crippen LogP contribution in [0.1, 0.15) is 44.6 Å². The number of aliphatic imine (C=N–C) groups is 1. The minimum Gasteiger partial charge on any atom is -0.484 e. The molecule has 0 radical (unpaired) electrons. The van der Waals surface area contributed by atoms with Crippen molar-refractivity contribution in [2.24, 2.45) is 10.4 Å². The fourth-order valence-electron chi connectivity index (χ4n) is 3.69. The zero-order valence-corrected chi connectivity index (χ0v) is 17.3. The van der Waals surface area contributed by atoms with Crippen molar-refractivity contribution in [1.29, 1.82) is 0 Å². The first-order chi connectivity index (χ1) is 13.9. The third kappa shape index (κ3) is 8.12. The molecule has 1 aromatic carbocycles. The fraction of sp³-hybridized carbons (Fsp3) is 0.667. The van der Waals surface area contributed by atoms with Crippen molar-refractivity contribution in [2.75, 3.05) is 33.4 Å². The summed E-state index contributed by atoms with van der Waals surface area (Å²) in [4.78, 5) is 4.25. The average Bonchev–Trinajstić information content (AvgIpc) is 3.16. The molecule has 2 N–H and O–H groups in total. The summed E-state index contributed by atoms with van der Waals surface area (Å²) in [6.07, 6.45) is 1.43. The number of halogens is 3. The van der Waals surface area contributed by atoms with Crippen LogP contribution in [0.2, 0.25) is 0 Å². The summed E-state index contributed by atoms with van der Waals surface area (Å²) in [5, 5.41) is 6.57. The van der Waals surface area contributed by atoms with Gasteiger partial charge in [-0.2, -0.15) is 13.2 Å². The van der Waals surface area contributed by atoms with E-state index in [2.05, 4.69) is 15.6 Å². The molecule has 0 bridgehead atoms. The molecule has 29 heavy (non-hydrogen) atoms. The second-order valence-electron chi connectivity index (χ2n) is 7.44. The van der Waals surface area contributed by atoms with E-state index in [0.29, 0.717) is 18.1 Å². The molecule has 0 aromatic heterocycles. The number of hydrogen-bond donors (Lipinski definition) is 2. The standard InChI is InChI=1S/C21H32F3N3O2/c1-3-28-13-12-20(10-6-7-11-20)15-27-19(25-2)26-14-17-8-4-5-9-18(17)29-16-21(22,23)24/h4-5,8-9H,3,6-7,10-16H2,1-2H3,(H2,25,26,27). The summed E-state index contributed by atoms with van der Waals surface area (Å²) in [5.74, 6) is 0.843. The molecule has 0 saturated heterocycles. The van der Waals surface area contributed by atoms with E-state index in [1.807, 2.05) is 6.92 Å². The summed E-state index contributed by atoms with van der Waals surface area (Å²) < 4.78 is 47.9. The van der Waals surface area contributed by atoms with Crippen LogP contribution in [0.3, 0.4) is 0 Å². The first-order valence-electron chi connectivity index (χ1n) is 10.2. The molecule has 0 aliphatic heterocycles. The molecule has 164 valence electrons. The van der Waals surface area contributed by atoms with Gasteiger partial charge in [0.2, 0.25) is 0 Å². The number of ether oxygens (including phenoxy) is 2. The third-order valence-electron chi connectivity index (χ3n) is 5.31. The molecule has 0 unspecified atom stereocenters. The summed E-state index contributed by atoms with van der Waals surface area (Å²) in [6, 6.07) is 6.71. The van der Waals surface area contributed by atoms with Crippen molar-refractivity contribution in [1.82, 2.24) is 10.6 Å². The maximum Gasteiger partial charge on any atom is 0.422 e. The second kappa shape index (κ2) is 11.3. The molecule has 1 fully saturated rings. The van der Waals surface area contributed by atoms with Crippen molar-refractivity contribution in [3.8, 4) is 5.75 Å². The zero-order valence-electron chi connectivity index (χ0n) is 17.3. The first-order valence-corrected chi connectivity index (χ1v) is 10.2. The zero-order chi connectivity index (χ0) is 21.2. The molecule has 1 aromatic rings. The van der Waals surface area contributed by atoms with Gasteiger partial charge in [0.15, 0.2) is 12.6 Å². The van der Waals surface area contributed by atoms with Crippen molar-refractivity contribution in [3.63, 3.8) is 0 Å². The van der Waals surface area contributed by atoms with Crippen molar-refractivity contribution in [2.45, 2.75) is 51.7 Å². The molecule has 0 spiro atoms. The number of nitrogens with one attached hydrogen (secondary N) is 2. The quantitative estimate of drug-likeness (QED) is 0.340. The van der Waals surface area contributed by atoms with E-state index in [1.165, 1.54) is 12.8 Å². The minimum atomic E-state index is -4.37. The van der Waals surface area contributed by atoms with Gasteiger partial charge in [0.1, 0.15) is 5.75 Å². The third-order valence-corrected chi connectivity index (χ3v) is 5.31. The van der Waals surface area contributed by atoms with E-state index in [1.54, 1.807) is 31.3 Å². The molecule has 1 aliphatic rings. The van der Waals surface area contributed by atoms with Crippen LogP contribution in [0.4, 0.5) is 13.2 Å². The van der Waals surface area contributed by atoms with Crippen molar-refractivity contribution >= 4 is 5.96 Å². The highest BCUT2D eigenvalue weighted by Gasteiger charge is 2.33. The lowest BCUT2D eigenvalue weighted by Crippen LogP contribution is -2.43. The largest absolute Gasteiger partial charge is 0.484 e. The number of alkyl halides is 3. The Balaban J connectivity index is 1.89. The molecule has 5 nitrogen and oxygen atoms in total. The molecule has 0 atom stereocenters. The van der Waals surface area contributed by atoms with Gasteiger partial charge >= 0.3 is 6.18 Å². The van der Waals surface area contributed by atoms with Gasteiger partial charge in [0, 0.05) is 38.9 Å². The molecule has 0 amide bonds. The van der Waals surface area contributed by atoms with Gasteiger partial charge in [-0.3, -0.25) is 4.99 Å². The monoisotopic (exact) mass is 415 g/mol. The van der Waals surface area contributed by atoms with Crippen LogP contribution in [-0.2, 0) is 11.3 Å². The van der Waals surface area contributed by atoms with Crippen LogP contribution in [0.25, 0.3) is 0 Å². The van der Waals surface area contributed by atoms with Gasteiger partial charge in [-0.15, -0.1) is 0 Å². The Morgan fingerprint density at radius 3 is 2.55 bits per heavy atom. The Labute approximate surface area is 171 Å². The molecule has 8 heteroatoms. The Morgan fingerprint density at radius 1 is 1.17 bits per heavy atom. The first kappa shape index (κ1) is 23.3. The van der Waals surface area contributed by atoms with E-state index in [9.17, 15) is 13.2 Å². The van der Waals surface area contributed by atoms with E-state index in [-0.39, 0.29) is 11.2 Å². The predicted molar refractivity (Wildman–Crippen MR) is 108 cm³/mol. The average molecular weight is 416 g/mol. The van der Waals surface area contributed by atoms with Crippen LogP contribution in [0.15, 0.2) is 29.3 Å². The smallest absolute Gasteiger partial charge is 0.422 e. The maximum absolute atomic E-state index is 12.5. The van der Waals surface area contributed by atoms with Crippen molar-refractivity contribution < 1.29 is 22.6 Å². The lowest BCUT2D eigenvalue weighted by molar-refractivity contribution is -0.153. The van der Waals surface area contributed by atoms with E-state index < -0.39 is 12.8 Å². The number of nitrogens with zero attached hydrogens (tertiary/aromatic N) is 1. The van der Waals surface area contributed by atoms with Crippen molar-refractivity contribution in [3.05, 3.63) is 29.8 Å². The van der Waals surface area contributed by atoms with Gasteiger partial charge in [-0.25, -0.2) is 0 Å². The van der Waals surface area contributed by atoms with E-state index in [4.69, 9.17) is 9.47 Å². The Morgan fingerprint density at radius 2 is 1.90 bits per heavy atom. The van der Waals surface area contributed by atoms with Crippen LogP contribution < -0.4 is 15.4 Å². The highest BCUT2D eigenvalue weighted by atomic mass is 19.4. The Kier molecular flexibility index (Phi) is 9.07. The Bertz CT molecular complexity index is 644. The SMILES string of the molecule is CCOCCC1(CNC(=NC)NCc2ccccc2OCC(F)(F)F)CCCC1. The molecule has 0 heterocycles. The highest BCUT2D eigenvalue weighted by Crippen LogP contribution is 2.40. The number of rotatable bonds is 10. The molecule has 2 rings (SSSR count). The molecule has 1 saturated carbocycles. The number of benzene rings is 1. The predicted octanol–water partition coefficient (Wildman–Crippen LogP) is 4.28. The van der Waals surface area contributed by atoms with E-state index in [0.717, 1.165) is 39.0 Å². The maximum atomic E-state index is 12.5. The molecular formula is C21H32F3N3O2. The van der Waals surface area contributed by atoms with Gasteiger partial charge < -0.3 is 20.1 Å². The lowest BCUT2D eigenvalue weighted by atomic mass is 9.83. The lowest BCUT2D eigenvalue weighted by Gasteiger charge is -2.30. The normalized spacial score (nSPS) is 16.7. The summed E-state index contributed by atoms with van der Waals surface area (Å²) in [6.45, 7) is 3.29. The minimum absolute atomic E-state index is 0.209. The Hall–Kier alpha value is -1.96. The van der Waals surface area contributed by atoms with Crippen LogP contribution in [-0.4, -0.2) is 45.5 Å². The molecule has 1 aliphatic carbocycles. The topological polar surface area (TPSA) is 54.9 Å². The van der Waals surface area contributed by atoms with E-state index >= 15 is 0 Å². The number of hydrogen-bond acceptors (Lipinski definition) is 3.